The average molecular weight is 323 g/mol. The van der Waals surface area contributed by atoms with Crippen LogP contribution in [0.2, 0.25) is 0 Å². The van der Waals surface area contributed by atoms with E-state index in [1.54, 1.807) is 18.2 Å². The van der Waals surface area contributed by atoms with Gasteiger partial charge in [0.15, 0.2) is 5.81 Å². The van der Waals surface area contributed by atoms with Crippen molar-refractivity contribution in [2.75, 3.05) is 0 Å². The Labute approximate surface area is 141 Å². The minimum Gasteiger partial charge on any atom is -0.478 e. The molecule has 3 N–H and O–H groups in total. The van der Waals surface area contributed by atoms with Crippen LogP contribution in [0.1, 0.15) is 21.5 Å². The first kappa shape index (κ1) is 17.8. The Bertz CT molecular complexity index is 705. The van der Waals surface area contributed by atoms with Gasteiger partial charge >= 0.3 is 5.97 Å². The second-order valence-corrected chi connectivity index (χ2v) is 5.54. The van der Waals surface area contributed by atoms with Gasteiger partial charge in [-0.2, -0.15) is 0 Å². The van der Waals surface area contributed by atoms with Gasteiger partial charge < -0.3 is 15.5 Å². The van der Waals surface area contributed by atoms with Gasteiger partial charge in [0.05, 0.1) is 17.7 Å². The highest BCUT2D eigenvalue weighted by atomic mass is 16.4. The lowest BCUT2D eigenvalue weighted by atomic mass is 9.93. The highest BCUT2D eigenvalue weighted by Crippen LogP contribution is 2.15. The first-order valence-electron chi connectivity index (χ1n) is 7.56. The third-order valence-electron chi connectivity index (χ3n) is 3.77. The molecule has 24 heavy (non-hydrogen) atoms. The van der Waals surface area contributed by atoms with Crippen molar-refractivity contribution in [3.63, 3.8) is 0 Å². The van der Waals surface area contributed by atoms with Crippen LogP contribution in [0.5, 0.6) is 0 Å². The van der Waals surface area contributed by atoms with E-state index in [-0.39, 0.29) is 12.0 Å². The van der Waals surface area contributed by atoms with Crippen molar-refractivity contribution in [3.05, 3.63) is 71.3 Å². The highest BCUT2D eigenvalue weighted by Gasteiger charge is 2.22. The minimum absolute atomic E-state index is 0.0975. The summed E-state index contributed by atoms with van der Waals surface area (Å²) in [5.74, 6) is -1.79. The molecule has 2 atom stereocenters. The van der Waals surface area contributed by atoms with E-state index in [0.717, 1.165) is 5.56 Å². The number of aromatic carboxylic acids is 1. The number of carboxylic acids is 1. The summed E-state index contributed by atoms with van der Waals surface area (Å²) in [5, 5.41) is 22.3. The van der Waals surface area contributed by atoms with Crippen LogP contribution in [0.25, 0.3) is 0 Å². The highest BCUT2D eigenvalue weighted by molar-refractivity contribution is 6.57. The number of rotatable bonds is 7. The molecule has 122 valence electrons. The van der Waals surface area contributed by atoms with Gasteiger partial charge in [0, 0.05) is 6.42 Å². The summed E-state index contributed by atoms with van der Waals surface area (Å²) >= 11 is 0. The van der Waals surface area contributed by atoms with Gasteiger partial charge in [-0.3, -0.25) is 4.79 Å². The van der Waals surface area contributed by atoms with Crippen molar-refractivity contribution in [3.8, 4) is 0 Å². The summed E-state index contributed by atoms with van der Waals surface area (Å²) in [6.07, 6.45) is -0.487. The zero-order chi connectivity index (χ0) is 17.5. The molecule has 2 aromatic carbocycles. The molecule has 0 spiro atoms. The zero-order valence-electron chi connectivity index (χ0n) is 13.1. The smallest absolute Gasteiger partial charge is 0.335 e. The van der Waals surface area contributed by atoms with E-state index in [0.29, 0.717) is 12.0 Å². The van der Waals surface area contributed by atoms with Crippen LogP contribution >= 0.6 is 0 Å². The molecule has 5 nitrogen and oxygen atoms in total. The van der Waals surface area contributed by atoms with Crippen molar-refractivity contribution >= 4 is 19.6 Å². The number of hydrogen-bond donors (Lipinski definition) is 3. The van der Waals surface area contributed by atoms with Crippen LogP contribution in [0.15, 0.2) is 54.6 Å². The molecule has 1 unspecified atom stereocenters. The van der Waals surface area contributed by atoms with Crippen LogP contribution in [0, 0.1) is 0 Å². The van der Waals surface area contributed by atoms with Crippen LogP contribution < -0.4 is 5.32 Å². The molecular weight excluding hydrogens is 305 g/mol. The molecular formula is C18H18BNO4. The number of aliphatic hydroxyl groups is 1. The average Bonchev–Trinajstić information content (AvgIpc) is 2.55. The molecule has 1 amide bonds. The van der Waals surface area contributed by atoms with Crippen molar-refractivity contribution in [1.29, 1.82) is 0 Å². The number of benzene rings is 2. The second-order valence-electron chi connectivity index (χ2n) is 5.54. The molecule has 0 saturated heterocycles. The fourth-order valence-electron chi connectivity index (χ4n) is 2.61. The lowest BCUT2D eigenvalue weighted by molar-refractivity contribution is 0.0693. The Hall–Kier alpha value is -2.60. The molecule has 0 fully saturated rings. The first-order chi connectivity index (χ1) is 11.5. The SMILES string of the molecule is [B]C(=O)NC(Cc1ccccc1)[C@H](O)Cc1ccccc1C(=O)O. The predicted octanol–water partition coefficient (Wildman–Crippen LogP) is 1.78. The van der Waals surface area contributed by atoms with Crippen molar-refractivity contribution < 1.29 is 19.8 Å². The minimum atomic E-state index is -1.06. The Balaban J connectivity index is 2.17. The number of hydrogen-bond acceptors (Lipinski definition) is 3. The maximum Gasteiger partial charge on any atom is 0.335 e. The number of carboxylic acid groups (broad SMARTS) is 1. The quantitative estimate of drug-likeness (QED) is 0.678. The maximum atomic E-state index is 11.3. The Morgan fingerprint density at radius 3 is 2.25 bits per heavy atom. The Morgan fingerprint density at radius 2 is 1.62 bits per heavy atom. The predicted molar refractivity (Wildman–Crippen MR) is 91.3 cm³/mol. The van der Waals surface area contributed by atoms with Gasteiger partial charge in [-0.05, 0) is 23.6 Å². The van der Waals surface area contributed by atoms with Crippen LogP contribution in [-0.4, -0.2) is 42.0 Å². The topological polar surface area (TPSA) is 86.6 Å². The summed E-state index contributed by atoms with van der Waals surface area (Å²) in [4.78, 5) is 22.5. The molecule has 0 aliphatic carbocycles. The van der Waals surface area contributed by atoms with Crippen molar-refractivity contribution in [2.24, 2.45) is 0 Å². The number of amides is 1. The Kier molecular flexibility index (Phi) is 6.15. The van der Waals surface area contributed by atoms with Crippen LogP contribution in [-0.2, 0) is 12.8 Å². The van der Waals surface area contributed by atoms with Crippen LogP contribution in [0.4, 0.5) is 4.79 Å². The third-order valence-corrected chi connectivity index (χ3v) is 3.77. The summed E-state index contributed by atoms with van der Waals surface area (Å²) < 4.78 is 0. The van der Waals surface area contributed by atoms with E-state index in [1.165, 1.54) is 6.07 Å². The van der Waals surface area contributed by atoms with Crippen molar-refractivity contribution in [2.45, 2.75) is 25.0 Å². The van der Waals surface area contributed by atoms with E-state index in [2.05, 4.69) is 5.32 Å². The number of carbonyl (C=O) groups excluding carboxylic acids is 1. The third kappa shape index (κ3) is 4.96. The molecule has 2 rings (SSSR count). The van der Waals surface area contributed by atoms with Crippen molar-refractivity contribution in [1.82, 2.24) is 5.32 Å². The fourth-order valence-corrected chi connectivity index (χ4v) is 2.61. The molecule has 0 bridgehead atoms. The number of nitrogens with one attached hydrogen (secondary N) is 1. The van der Waals surface area contributed by atoms with Gasteiger partial charge in [0.25, 0.3) is 0 Å². The van der Waals surface area contributed by atoms with Gasteiger partial charge in [-0.15, -0.1) is 0 Å². The van der Waals surface area contributed by atoms with Gasteiger partial charge in [0.2, 0.25) is 7.85 Å². The Morgan fingerprint density at radius 1 is 1.00 bits per heavy atom. The van der Waals surface area contributed by atoms with E-state index in [4.69, 9.17) is 7.85 Å². The standard InChI is InChI=1S/C18H18BNO4/c19-18(24)20-15(10-12-6-2-1-3-7-12)16(21)11-13-8-4-5-9-14(13)17(22)23/h1-9,15-16,21H,10-11H2,(H,20,24)(H,22,23)/t15?,16-/m1/s1. The molecule has 2 aromatic rings. The van der Waals surface area contributed by atoms with Gasteiger partial charge in [-0.1, -0.05) is 48.5 Å². The van der Waals surface area contributed by atoms with Gasteiger partial charge in [-0.25, -0.2) is 4.79 Å². The fraction of sp³-hybridized carbons (Fsp3) is 0.222. The molecule has 0 aliphatic rings. The number of carbonyl (C=O) groups is 2. The molecule has 0 aromatic heterocycles. The molecule has 0 aliphatic heterocycles. The summed E-state index contributed by atoms with van der Waals surface area (Å²) in [6, 6.07) is 15.2. The van der Waals surface area contributed by atoms with E-state index in [1.807, 2.05) is 30.3 Å². The second kappa shape index (κ2) is 8.31. The lowest BCUT2D eigenvalue weighted by Gasteiger charge is -2.24. The summed E-state index contributed by atoms with van der Waals surface area (Å²) in [7, 11) is 5.20. The summed E-state index contributed by atoms with van der Waals surface area (Å²) in [6.45, 7) is 0. The summed E-state index contributed by atoms with van der Waals surface area (Å²) in [5.41, 5.74) is 1.57. The van der Waals surface area contributed by atoms with E-state index < -0.39 is 23.9 Å². The van der Waals surface area contributed by atoms with E-state index >= 15 is 0 Å². The molecule has 6 heteroatoms. The largest absolute Gasteiger partial charge is 0.478 e. The lowest BCUT2D eigenvalue weighted by Crippen LogP contribution is -2.45. The number of aliphatic hydroxyl groups excluding tert-OH is 1. The molecule has 2 radical (unpaired) electrons. The first-order valence-corrected chi connectivity index (χ1v) is 7.56. The molecule has 0 heterocycles. The zero-order valence-corrected chi connectivity index (χ0v) is 13.1. The van der Waals surface area contributed by atoms with E-state index in [9.17, 15) is 19.8 Å². The van der Waals surface area contributed by atoms with Crippen LogP contribution in [0.3, 0.4) is 0 Å². The van der Waals surface area contributed by atoms with Gasteiger partial charge in [0.1, 0.15) is 0 Å². The monoisotopic (exact) mass is 323 g/mol. The maximum absolute atomic E-state index is 11.3. The molecule has 0 saturated carbocycles. The normalized spacial score (nSPS) is 13.0.